The second-order valence-electron chi connectivity index (χ2n) is 5.74. The number of halogens is 1. The highest BCUT2D eigenvalue weighted by Crippen LogP contribution is 2.15. The molecule has 1 fully saturated rings. The van der Waals surface area contributed by atoms with Crippen LogP contribution in [-0.2, 0) is 0 Å². The zero-order valence-electron chi connectivity index (χ0n) is 12.3. The first kappa shape index (κ1) is 15.0. The van der Waals surface area contributed by atoms with Crippen molar-refractivity contribution < 1.29 is 9.18 Å². The Labute approximate surface area is 120 Å². The van der Waals surface area contributed by atoms with Gasteiger partial charge in [-0.25, -0.2) is 4.39 Å². The van der Waals surface area contributed by atoms with Crippen LogP contribution in [0.4, 0.5) is 4.39 Å². The summed E-state index contributed by atoms with van der Waals surface area (Å²) < 4.78 is 13.0. The molecule has 1 N–H and O–H groups in total. The number of hydrogen-bond acceptors (Lipinski definition) is 2. The van der Waals surface area contributed by atoms with Crippen LogP contribution in [0.25, 0.3) is 0 Å². The molecule has 4 heteroatoms. The number of carbonyl (C=O) groups is 1. The van der Waals surface area contributed by atoms with Crippen molar-refractivity contribution in [1.29, 1.82) is 0 Å². The molecule has 0 bridgehead atoms. The normalized spacial score (nSPS) is 17.1. The van der Waals surface area contributed by atoms with Gasteiger partial charge < -0.3 is 10.2 Å². The van der Waals surface area contributed by atoms with Crippen LogP contribution in [-0.4, -0.2) is 37.0 Å². The second-order valence-corrected chi connectivity index (χ2v) is 5.74. The fourth-order valence-corrected chi connectivity index (χ4v) is 2.59. The third kappa shape index (κ3) is 4.04. The molecule has 0 atom stereocenters. The first-order valence-electron chi connectivity index (χ1n) is 7.33. The van der Waals surface area contributed by atoms with Gasteiger partial charge in [0.25, 0.3) is 5.91 Å². The zero-order valence-corrected chi connectivity index (χ0v) is 12.3. The minimum Gasteiger partial charge on any atom is -0.351 e. The van der Waals surface area contributed by atoms with Crippen LogP contribution >= 0.6 is 0 Å². The van der Waals surface area contributed by atoms with Crippen molar-refractivity contribution in [2.24, 2.45) is 5.92 Å². The van der Waals surface area contributed by atoms with Gasteiger partial charge in [0.1, 0.15) is 5.82 Å². The van der Waals surface area contributed by atoms with E-state index in [1.165, 1.54) is 25.0 Å². The lowest BCUT2D eigenvalue weighted by Crippen LogP contribution is -2.39. The molecule has 1 aromatic carbocycles. The molecule has 2 rings (SSSR count). The molecule has 0 radical (unpaired) electrons. The standard InChI is InChI=1S/C16H23FN2O/c1-12-5-8-19(9-6-12)10-7-18-16(20)15-4-3-14(17)11-13(15)2/h3-4,11-12H,5-10H2,1-2H3,(H,18,20). The van der Waals surface area contributed by atoms with Crippen LogP contribution < -0.4 is 5.32 Å². The van der Waals surface area contributed by atoms with Crippen molar-refractivity contribution in [2.75, 3.05) is 26.2 Å². The van der Waals surface area contributed by atoms with Gasteiger partial charge in [-0.05, 0) is 62.5 Å². The number of benzene rings is 1. The van der Waals surface area contributed by atoms with Crippen molar-refractivity contribution >= 4 is 5.91 Å². The Morgan fingerprint density at radius 3 is 2.75 bits per heavy atom. The van der Waals surface area contributed by atoms with Gasteiger partial charge in [0.2, 0.25) is 0 Å². The van der Waals surface area contributed by atoms with Gasteiger partial charge >= 0.3 is 0 Å². The average molecular weight is 278 g/mol. The molecule has 1 aliphatic rings. The molecule has 0 spiro atoms. The fourth-order valence-electron chi connectivity index (χ4n) is 2.59. The SMILES string of the molecule is Cc1cc(F)ccc1C(=O)NCCN1CCC(C)CC1. The summed E-state index contributed by atoms with van der Waals surface area (Å²) in [5, 5.41) is 2.91. The summed E-state index contributed by atoms with van der Waals surface area (Å²) >= 11 is 0. The van der Waals surface area contributed by atoms with Crippen LogP contribution in [0, 0.1) is 18.7 Å². The summed E-state index contributed by atoms with van der Waals surface area (Å²) in [7, 11) is 0. The Hall–Kier alpha value is -1.42. The number of aryl methyl sites for hydroxylation is 1. The smallest absolute Gasteiger partial charge is 0.251 e. The van der Waals surface area contributed by atoms with Crippen molar-refractivity contribution in [3.05, 3.63) is 35.1 Å². The van der Waals surface area contributed by atoms with Gasteiger partial charge in [0, 0.05) is 18.7 Å². The summed E-state index contributed by atoms with van der Waals surface area (Å²) in [4.78, 5) is 14.4. The zero-order chi connectivity index (χ0) is 14.5. The summed E-state index contributed by atoms with van der Waals surface area (Å²) in [6.45, 7) is 7.81. The Morgan fingerprint density at radius 2 is 2.10 bits per heavy atom. The second kappa shape index (κ2) is 6.84. The monoisotopic (exact) mass is 278 g/mol. The van der Waals surface area contributed by atoms with Crippen LogP contribution in [0.5, 0.6) is 0 Å². The third-order valence-electron chi connectivity index (χ3n) is 4.02. The molecule has 1 heterocycles. The molecule has 0 aliphatic carbocycles. The number of piperidine rings is 1. The average Bonchev–Trinajstić information content (AvgIpc) is 2.41. The first-order chi connectivity index (χ1) is 9.56. The minimum atomic E-state index is -0.304. The van der Waals surface area contributed by atoms with E-state index in [2.05, 4.69) is 17.1 Å². The number of nitrogens with zero attached hydrogens (tertiary/aromatic N) is 1. The predicted octanol–water partition coefficient (Wildman–Crippen LogP) is 2.60. The third-order valence-corrected chi connectivity index (χ3v) is 4.02. The summed E-state index contributed by atoms with van der Waals surface area (Å²) in [6.07, 6.45) is 2.48. The maximum Gasteiger partial charge on any atom is 0.251 e. The molecule has 20 heavy (non-hydrogen) atoms. The first-order valence-corrected chi connectivity index (χ1v) is 7.33. The largest absolute Gasteiger partial charge is 0.351 e. The Morgan fingerprint density at radius 1 is 1.40 bits per heavy atom. The Balaban J connectivity index is 1.77. The maximum absolute atomic E-state index is 13.0. The fraction of sp³-hybridized carbons (Fsp3) is 0.562. The predicted molar refractivity (Wildman–Crippen MR) is 78.3 cm³/mol. The number of amides is 1. The highest BCUT2D eigenvalue weighted by atomic mass is 19.1. The molecule has 1 aliphatic heterocycles. The maximum atomic E-state index is 13.0. The Bertz CT molecular complexity index is 468. The van der Waals surface area contributed by atoms with Gasteiger partial charge in [-0.1, -0.05) is 6.92 Å². The summed E-state index contributed by atoms with van der Waals surface area (Å²) in [5.74, 6) is 0.400. The minimum absolute atomic E-state index is 0.118. The molecule has 0 saturated carbocycles. The van der Waals surface area contributed by atoms with Gasteiger partial charge in [0.05, 0.1) is 0 Å². The lowest BCUT2D eigenvalue weighted by Gasteiger charge is -2.30. The molecule has 3 nitrogen and oxygen atoms in total. The van der Waals surface area contributed by atoms with Crippen LogP contribution in [0.2, 0.25) is 0 Å². The Kier molecular flexibility index (Phi) is 5.12. The highest BCUT2D eigenvalue weighted by Gasteiger charge is 2.15. The van der Waals surface area contributed by atoms with E-state index in [1.807, 2.05) is 0 Å². The van der Waals surface area contributed by atoms with E-state index in [1.54, 1.807) is 13.0 Å². The van der Waals surface area contributed by atoms with E-state index >= 15 is 0 Å². The number of carbonyl (C=O) groups excluding carboxylic acids is 1. The van der Waals surface area contributed by atoms with E-state index in [0.717, 1.165) is 25.6 Å². The molecule has 0 unspecified atom stereocenters. The molecule has 110 valence electrons. The van der Waals surface area contributed by atoms with Gasteiger partial charge in [-0.3, -0.25) is 4.79 Å². The van der Waals surface area contributed by atoms with Crippen molar-refractivity contribution in [2.45, 2.75) is 26.7 Å². The highest BCUT2D eigenvalue weighted by molar-refractivity contribution is 5.95. The van der Waals surface area contributed by atoms with E-state index in [-0.39, 0.29) is 11.7 Å². The van der Waals surface area contributed by atoms with Crippen LogP contribution in [0.3, 0.4) is 0 Å². The number of rotatable bonds is 4. The quantitative estimate of drug-likeness (QED) is 0.918. The topological polar surface area (TPSA) is 32.3 Å². The number of likely N-dealkylation sites (tertiary alicyclic amines) is 1. The molecule has 1 saturated heterocycles. The van der Waals surface area contributed by atoms with Crippen molar-refractivity contribution in [1.82, 2.24) is 10.2 Å². The summed E-state index contributed by atoms with van der Waals surface area (Å²) in [6, 6.07) is 4.26. The van der Waals surface area contributed by atoms with Gasteiger partial charge in [-0.15, -0.1) is 0 Å². The number of nitrogens with one attached hydrogen (secondary N) is 1. The molecular weight excluding hydrogens is 255 g/mol. The van der Waals surface area contributed by atoms with Crippen LogP contribution in [0.1, 0.15) is 35.7 Å². The van der Waals surface area contributed by atoms with Gasteiger partial charge in [0.15, 0.2) is 0 Å². The van der Waals surface area contributed by atoms with E-state index in [9.17, 15) is 9.18 Å². The van der Waals surface area contributed by atoms with Crippen molar-refractivity contribution in [3.63, 3.8) is 0 Å². The van der Waals surface area contributed by atoms with Crippen molar-refractivity contribution in [3.8, 4) is 0 Å². The molecule has 1 aromatic rings. The number of hydrogen-bond donors (Lipinski definition) is 1. The molecular formula is C16H23FN2O. The van der Waals surface area contributed by atoms with Gasteiger partial charge in [-0.2, -0.15) is 0 Å². The van der Waals surface area contributed by atoms with E-state index < -0.39 is 0 Å². The van der Waals surface area contributed by atoms with E-state index in [0.29, 0.717) is 17.7 Å². The molecule has 1 amide bonds. The lowest BCUT2D eigenvalue weighted by molar-refractivity contribution is 0.0944. The molecule has 0 aromatic heterocycles. The van der Waals surface area contributed by atoms with E-state index in [4.69, 9.17) is 0 Å². The summed E-state index contributed by atoms with van der Waals surface area (Å²) in [5.41, 5.74) is 1.23. The van der Waals surface area contributed by atoms with Crippen LogP contribution in [0.15, 0.2) is 18.2 Å². The lowest BCUT2D eigenvalue weighted by atomic mass is 9.99.